The first-order valence-electron chi connectivity index (χ1n) is 15.2. The van der Waals surface area contributed by atoms with Gasteiger partial charge in [-0.05, 0) is 18.9 Å². The van der Waals surface area contributed by atoms with Gasteiger partial charge < -0.3 is 0 Å². The molecule has 4 aromatic rings. The molecular formula is C41H48Cl2Zr-4. The van der Waals surface area contributed by atoms with Gasteiger partial charge in [0.15, 0.2) is 0 Å². The average Bonchev–Trinajstić information content (AvgIpc) is 3.73. The molecule has 4 aromatic carbocycles. The van der Waals surface area contributed by atoms with Crippen molar-refractivity contribution in [2.24, 2.45) is 0 Å². The second kappa shape index (κ2) is 26.0. The van der Waals surface area contributed by atoms with Crippen molar-refractivity contribution in [3.05, 3.63) is 155 Å². The molecular weight excluding hydrogens is 655 g/mol. The summed E-state index contributed by atoms with van der Waals surface area (Å²) in [5, 5.41) is 0. The Morgan fingerprint density at radius 1 is 0.727 bits per heavy atom. The normalized spacial score (nSPS) is 10.7. The van der Waals surface area contributed by atoms with Crippen LogP contribution in [0.4, 0.5) is 0 Å². The van der Waals surface area contributed by atoms with Crippen LogP contribution in [-0.2, 0) is 43.5 Å². The molecule has 2 aliphatic rings. The molecule has 0 aromatic heterocycles. The summed E-state index contributed by atoms with van der Waals surface area (Å²) in [5.74, 6) is 0. The minimum absolute atomic E-state index is 0. The van der Waals surface area contributed by atoms with Crippen LogP contribution in [0.25, 0.3) is 11.1 Å². The number of rotatable bonds is 6. The van der Waals surface area contributed by atoms with E-state index in [0.29, 0.717) is 0 Å². The van der Waals surface area contributed by atoms with E-state index in [2.05, 4.69) is 117 Å². The summed E-state index contributed by atoms with van der Waals surface area (Å²) in [6.45, 7) is 8.69. The van der Waals surface area contributed by atoms with E-state index in [1.165, 1.54) is 107 Å². The van der Waals surface area contributed by atoms with Gasteiger partial charge in [0, 0.05) is 0 Å². The fraction of sp³-hybridized carbons (Fsp3) is 0.293. The molecule has 6 rings (SSSR count). The van der Waals surface area contributed by atoms with Crippen molar-refractivity contribution in [1.29, 1.82) is 0 Å². The van der Waals surface area contributed by atoms with Crippen molar-refractivity contribution < 1.29 is 24.2 Å². The van der Waals surface area contributed by atoms with Crippen molar-refractivity contribution >= 4 is 29.0 Å². The van der Waals surface area contributed by atoms with Crippen molar-refractivity contribution in [1.82, 2.24) is 0 Å². The molecule has 0 saturated carbocycles. The molecule has 0 aliphatic heterocycles. The van der Waals surface area contributed by atoms with E-state index in [9.17, 15) is 0 Å². The van der Waals surface area contributed by atoms with Crippen LogP contribution in [0.2, 0.25) is 0 Å². The van der Waals surface area contributed by atoms with E-state index in [0.717, 1.165) is 12.8 Å². The Morgan fingerprint density at radius 3 is 1.73 bits per heavy atom. The first-order chi connectivity index (χ1) is 20.6. The van der Waals surface area contributed by atoms with Crippen LogP contribution in [0, 0.1) is 38.1 Å². The standard InChI is InChI=1S/C15H13.2C10H13.C5H5.CH2.2ClH.Zr/c1-10-3-5-14-12(7-10)9-13-8-11(2)4-6-15(13)14;2*1-2-3-7-10-8-5-4-6-9-10;1-2-4-5-3-1;;;;/h3-7H,9H2,1-2H3;2*5-6,8-9H,2-3,7H2,1H3;1-3H,4H2;1H2;2*1H;/q4*-1;;;;. The number of benzene rings is 4. The van der Waals surface area contributed by atoms with Gasteiger partial charge in [0.2, 0.25) is 0 Å². The van der Waals surface area contributed by atoms with Crippen LogP contribution in [0.3, 0.4) is 0 Å². The molecule has 0 heterocycles. The Labute approximate surface area is 296 Å². The maximum atomic E-state index is 3.45. The summed E-state index contributed by atoms with van der Waals surface area (Å²) in [6, 6.07) is 37.0. The van der Waals surface area contributed by atoms with Gasteiger partial charge in [-0.2, -0.15) is 102 Å². The number of allylic oxidation sites excluding steroid dienone is 4. The van der Waals surface area contributed by atoms with E-state index in [-0.39, 0.29) is 24.8 Å². The molecule has 0 unspecified atom stereocenters. The van der Waals surface area contributed by atoms with Crippen molar-refractivity contribution in [2.75, 3.05) is 0 Å². The molecule has 0 fully saturated rings. The number of unbranched alkanes of at least 4 members (excludes halogenated alkanes) is 2. The number of fused-ring (bicyclic) bond motifs is 3. The monoisotopic (exact) mass is 700 g/mol. The number of hydrogen-bond donors (Lipinski definition) is 0. The summed E-state index contributed by atoms with van der Waals surface area (Å²) < 4.78 is 3.34. The second-order valence-corrected chi connectivity index (χ2v) is 10.4. The zero-order valence-electron chi connectivity index (χ0n) is 26.9. The molecule has 0 saturated heterocycles. The summed E-state index contributed by atoms with van der Waals surface area (Å²) in [7, 11) is 0. The first kappa shape index (κ1) is 41.7. The molecule has 0 amide bonds. The Hall–Kier alpha value is -2.31. The van der Waals surface area contributed by atoms with Gasteiger partial charge in [-0.25, -0.2) is 12.2 Å². The van der Waals surface area contributed by atoms with E-state index in [1.807, 2.05) is 36.4 Å². The summed E-state index contributed by atoms with van der Waals surface area (Å²) in [6.07, 6.45) is 18.6. The van der Waals surface area contributed by atoms with E-state index >= 15 is 0 Å². The van der Waals surface area contributed by atoms with E-state index in [1.54, 1.807) is 0 Å². The quantitative estimate of drug-likeness (QED) is 0.155. The van der Waals surface area contributed by atoms with E-state index < -0.39 is 0 Å². The van der Waals surface area contributed by atoms with Crippen LogP contribution in [0.5, 0.6) is 0 Å². The molecule has 0 atom stereocenters. The third-order valence-corrected chi connectivity index (χ3v) is 6.89. The molecule has 0 bridgehead atoms. The zero-order valence-corrected chi connectivity index (χ0v) is 31.0. The molecule has 0 nitrogen and oxygen atoms in total. The molecule has 234 valence electrons. The zero-order chi connectivity index (χ0) is 30.4. The van der Waals surface area contributed by atoms with Crippen molar-refractivity contribution in [3.63, 3.8) is 0 Å². The molecule has 0 N–H and O–H groups in total. The SMILES string of the molecule is CCCCc1cc[c-]cc1.CCCCc1cc[c-]cc1.Cc1[c-]c2c(cc1)-c1ccc(C)cc1C2.Cl.Cl.[C-]1=CC=CC1.[CH2]=[Zr]. The topological polar surface area (TPSA) is 0 Å². The van der Waals surface area contributed by atoms with Gasteiger partial charge in [-0.1, -0.05) is 88.6 Å². The van der Waals surface area contributed by atoms with Gasteiger partial charge in [0.05, 0.1) is 0 Å². The number of aryl methyl sites for hydroxylation is 4. The molecule has 0 spiro atoms. The third kappa shape index (κ3) is 16.1. The predicted molar refractivity (Wildman–Crippen MR) is 194 cm³/mol. The summed E-state index contributed by atoms with van der Waals surface area (Å²) in [4.78, 5) is 0. The van der Waals surface area contributed by atoms with Gasteiger partial charge in [0.1, 0.15) is 0 Å². The second-order valence-electron chi connectivity index (χ2n) is 10.4. The number of hydrogen-bond acceptors (Lipinski definition) is 0. The average molecular weight is 703 g/mol. The van der Waals surface area contributed by atoms with Gasteiger partial charge >= 0.3 is 28.4 Å². The van der Waals surface area contributed by atoms with Crippen LogP contribution in [0.1, 0.15) is 79.3 Å². The van der Waals surface area contributed by atoms with Crippen LogP contribution in [0.15, 0.2) is 97.1 Å². The number of halogens is 2. The fourth-order valence-corrected chi connectivity index (χ4v) is 4.65. The predicted octanol–water partition coefficient (Wildman–Crippen LogP) is 11.4. The van der Waals surface area contributed by atoms with E-state index in [4.69, 9.17) is 0 Å². The summed E-state index contributed by atoms with van der Waals surface area (Å²) in [5.41, 5.74) is 11.0. The van der Waals surface area contributed by atoms with Crippen molar-refractivity contribution in [2.45, 2.75) is 79.1 Å². The Kier molecular flexibility index (Phi) is 24.6. The Bertz CT molecular complexity index is 1240. The molecule has 2 aliphatic carbocycles. The summed E-state index contributed by atoms with van der Waals surface area (Å²) >= 11 is 1.30. The van der Waals surface area contributed by atoms with Gasteiger partial charge in [-0.15, -0.1) is 42.4 Å². The molecule has 3 heteroatoms. The Morgan fingerprint density at radius 2 is 1.27 bits per heavy atom. The Balaban J connectivity index is 0.000000570. The van der Waals surface area contributed by atoms with Gasteiger partial charge in [-0.3, -0.25) is 6.08 Å². The van der Waals surface area contributed by atoms with Crippen LogP contribution >= 0.6 is 24.8 Å². The maximum absolute atomic E-state index is 3.45. The molecule has 44 heavy (non-hydrogen) atoms. The third-order valence-electron chi connectivity index (χ3n) is 6.89. The molecule has 0 radical (unpaired) electrons. The van der Waals surface area contributed by atoms with Gasteiger partial charge in [0.25, 0.3) is 0 Å². The fourth-order valence-electron chi connectivity index (χ4n) is 4.65. The van der Waals surface area contributed by atoms with Crippen LogP contribution in [-0.4, -0.2) is 4.21 Å². The minimum atomic E-state index is 0. The first-order valence-corrected chi connectivity index (χ1v) is 16.9. The van der Waals surface area contributed by atoms with Crippen molar-refractivity contribution in [3.8, 4) is 11.1 Å². The van der Waals surface area contributed by atoms with Crippen LogP contribution < -0.4 is 0 Å².